The van der Waals surface area contributed by atoms with E-state index in [1.165, 1.54) is 0 Å². The summed E-state index contributed by atoms with van der Waals surface area (Å²) in [4.78, 5) is 36.6. The summed E-state index contributed by atoms with van der Waals surface area (Å²) < 4.78 is 5.61. The quantitative estimate of drug-likeness (QED) is 0.476. The van der Waals surface area contributed by atoms with Gasteiger partial charge in [0.25, 0.3) is 0 Å². The van der Waals surface area contributed by atoms with Crippen molar-refractivity contribution >= 4 is 18.0 Å². The summed E-state index contributed by atoms with van der Waals surface area (Å²) in [7, 11) is 0. The van der Waals surface area contributed by atoms with Crippen molar-refractivity contribution in [3.63, 3.8) is 0 Å². The van der Waals surface area contributed by atoms with E-state index >= 15 is 0 Å². The van der Waals surface area contributed by atoms with Crippen LogP contribution in [-0.4, -0.2) is 42.3 Å². The minimum absolute atomic E-state index is 0.0109. The number of fused-ring (bicyclic) bond motifs is 3. The lowest BCUT2D eigenvalue weighted by Crippen LogP contribution is -2.45. The fraction of sp³-hybridized carbons (Fsp3) is 0.444. The molecular formula is C27H34N2O5. The van der Waals surface area contributed by atoms with Gasteiger partial charge in [0.05, 0.1) is 5.41 Å². The van der Waals surface area contributed by atoms with Crippen LogP contribution >= 0.6 is 0 Å². The molecule has 0 radical (unpaired) electrons. The normalized spacial score (nSPS) is 15.1. The van der Waals surface area contributed by atoms with Crippen molar-refractivity contribution in [2.75, 3.05) is 13.2 Å². The molecule has 0 saturated carbocycles. The number of carbonyl (C=O) groups is 3. The number of benzene rings is 2. The molecule has 0 bridgehead atoms. The Morgan fingerprint density at radius 2 is 1.59 bits per heavy atom. The van der Waals surface area contributed by atoms with Gasteiger partial charge in [-0.05, 0) is 41.5 Å². The van der Waals surface area contributed by atoms with E-state index in [0.717, 1.165) is 22.3 Å². The monoisotopic (exact) mass is 466 g/mol. The highest BCUT2D eigenvalue weighted by molar-refractivity contribution is 5.80. The first-order valence-electron chi connectivity index (χ1n) is 11.8. The third-order valence-corrected chi connectivity index (χ3v) is 6.83. The number of hydrogen-bond donors (Lipinski definition) is 3. The van der Waals surface area contributed by atoms with Gasteiger partial charge in [0.15, 0.2) is 0 Å². The van der Waals surface area contributed by atoms with Crippen molar-refractivity contribution in [1.29, 1.82) is 0 Å². The largest absolute Gasteiger partial charge is 0.481 e. The number of amides is 2. The average molecular weight is 467 g/mol. The third-order valence-electron chi connectivity index (χ3n) is 6.83. The number of aliphatic carboxylic acids is 1. The van der Waals surface area contributed by atoms with E-state index in [-0.39, 0.29) is 37.3 Å². The molecule has 2 amide bonds. The molecule has 1 aliphatic carbocycles. The molecule has 7 heteroatoms. The van der Waals surface area contributed by atoms with Gasteiger partial charge in [0.1, 0.15) is 6.61 Å². The van der Waals surface area contributed by atoms with Crippen LogP contribution in [0.15, 0.2) is 48.5 Å². The van der Waals surface area contributed by atoms with E-state index in [4.69, 9.17) is 4.74 Å². The molecule has 182 valence electrons. The number of carboxylic acids is 1. The Bertz CT molecular complexity index is 1010. The topological polar surface area (TPSA) is 105 Å². The zero-order chi connectivity index (χ0) is 24.9. The van der Waals surface area contributed by atoms with Crippen molar-refractivity contribution in [2.24, 2.45) is 11.3 Å². The second kappa shape index (κ2) is 10.7. The third kappa shape index (κ3) is 5.58. The lowest BCUT2D eigenvalue weighted by molar-refractivity contribution is -0.148. The molecule has 0 aliphatic heterocycles. The molecule has 34 heavy (non-hydrogen) atoms. The van der Waals surface area contributed by atoms with Gasteiger partial charge in [-0.1, -0.05) is 69.3 Å². The van der Waals surface area contributed by atoms with Crippen molar-refractivity contribution in [3.8, 4) is 11.1 Å². The van der Waals surface area contributed by atoms with Crippen molar-refractivity contribution in [3.05, 3.63) is 59.7 Å². The van der Waals surface area contributed by atoms with Crippen LogP contribution in [-0.2, 0) is 14.3 Å². The first-order chi connectivity index (χ1) is 16.2. The molecule has 3 N–H and O–H groups in total. The summed E-state index contributed by atoms with van der Waals surface area (Å²) in [5, 5.41) is 14.9. The van der Waals surface area contributed by atoms with Gasteiger partial charge in [0.2, 0.25) is 5.91 Å². The minimum atomic E-state index is -1.02. The Labute approximate surface area is 200 Å². The molecule has 0 spiro atoms. The number of hydrogen-bond acceptors (Lipinski definition) is 4. The van der Waals surface area contributed by atoms with Crippen LogP contribution in [0.25, 0.3) is 11.1 Å². The van der Waals surface area contributed by atoms with Crippen molar-refractivity contribution < 1.29 is 24.2 Å². The van der Waals surface area contributed by atoms with Gasteiger partial charge in [-0.3, -0.25) is 9.59 Å². The highest BCUT2D eigenvalue weighted by Gasteiger charge is 2.32. The maximum absolute atomic E-state index is 12.6. The number of carboxylic acid groups (broad SMARTS) is 1. The van der Waals surface area contributed by atoms with Crippen LogP contribution < -0.4 is 10.6 Å². The summed E-state index contributed by atoms with van der Waals surface area (Å²) in [6.45, 7) is 7.43. The zero-order valence-electron chi connectivity index (χ0n) is 20.3. The molecule has 0 heterocycles. The summed E-state index contributed by atoms with van der Waals surface area (Å²) >= 11 is 0. The fourth-order valence-electron chi connectivity index (χ4n) is 4.16. The molecule has 1 aliphatic rings. The lowest BCUT2D eigenvalue weighted by Gasteiger charge is -2.25. The first-order valence-corrected chi connectivity index (χ1v) is 11.8. The summed E-state index contributed by atoms with van der Waals surface area (Å²) in [5.41, 5.74) is 3.55. The Kier molecular flexibility index (Phi) is 7.97. The van der Waals surface area contributed by atoms with E-state index in [1.54, 1.807) is 13.8 Å². The average Bonchev–Trinajstić information content (AvgIpc) is 3.14. The van der Waals surface area contributed by atoms with E-state index in [1.807, 2.05) is 38.1 Å². The Morgan fingerprint density at radius 3 is 2.09 bits per heavy atom. The van der Waals surface area contributed by atoms with E-state index < -0.39 is 23.5 Å². The maximum Gasteiger partial charge on any atom is 0.407 e. The molecular weight excluding hydrogens is 432 g/mol. The zero-order valence-corrected chi connectivity index (χ0v) is 20.3. The molecule has 7 nitrogen and oxygen atoms in total. The van der Waals surface area contributed by atoms with Crippen LogP contribution in [0.4, 0.5) is 4.79 Å². The highest BCUT2D eigenvalue weighted by atomic mass is 16.5. The molecule has 3 rings (SSSR count). The Hall–Kier alpha value is -3.35. The Morgan fingerprint density at radius 1 is 1.03 bits per heavy atom. The van der Waals surface area contributed by atoms with Gasteiger partial charge < -0.3 is 20.5 Å². The standard InChI is InChI=1S/C27H34N2O5/c1-5-27(4,25(31)32)16-28-24(30)14-23(17(2)3)29-26(33)34-15-22-20-12-8-6-10-18(20)19-11-7-9-13-21(19)22/h6-13,17,22-23H,5,14-16H2,1-4H3,(H,28,30)(H,29,33)(H,31,32). The van der Waals surface area contributed by atoms with Gasteiger partial charge in [-0.2, -0.15) is 0 Å². The molecule has 2 aromatic rings. The van der Waals surface area contributed by atoms with Gasteiger partial charge >= 0.3 is 12.1 Å². The molecule has 0 fully saturated rings. The molecule has 0 aromatic heterocycles. The molecule has 2 atom stereocenters. The highest BCUT2D eigenvalue weighted by Crippen LogP contribution is 2.44. The minimum Gasteiger partial charge on any atom is -0.481 e. The van der Waals surface area contributed by atoms with Crippen LogP contribution in [0, 0.1) is 11.3 Å². The van der Waals surface area contributed by atoms with E-state index in [2.05, 4.69) is 34.9 Å². The predicted octanol–water partition coefficient (Wildman–Crippen LogP) is 4.56. The Balaban J connectivity index is 1.58. The number of nitrogens with one attached hydrogen (secondary N) is 2. The number of alkyl carbamates (subject to hydrolysis) is 1. The maximum atomic E-state index is 12.6. The van der Waals surface area contributed by atoms with Crippen LogP contribution in [0.5, 0.6) is 0 Å². The van der Waals surface area contributed by atoms with E-state index in [9.17, 15) is 19.5 Å². The number of carbonyl (C=O) groups excluding carboxylic acids is 2. The van der Waals surface area contributed by atoms with Crippen LogP contribution in [0.3, 0.4) is 0 Å². The van der Waals surface area contributed by atoms with Crippen LogP contribution in [0.2, 0.25) is 0 Å². The van der Waals surface area contributed by atoms with E-state index in [0.29, 0.717) is 6.42 Å². The van der Waals surface area contributed by atoms with Gasteiger partial charge in [0, 0.05) is 24.9 Å². The van der Waals surface area contributed by atoms with Gasteiger partial charge in [-0.15, -0.1) is 0 Å². The summed E-state index contributed by atoms with van der Waals surface area (Å²) in [6.07, 6.45) is -0.132. The molecule has 0 saturated heterocycles. The summed E-state index contributed by atoms with van der Waals surface area (Å²) in [6, 6.07) is 15.8. The molecule has 2 unspecified atom stereocenters. The molecule has 2 aromatic carbocycles. The predicted molar refractivity (Wildman–Crippen MR) is 130 cm³/mol. The second-order valence-corrected chi connectivity index (χ2v) is 9.52. The smallest absolute Gasteiger partial charge is 0.407 e. The lowest BCUT2D eigenvalue weighted by atomic mass is 9.87. The first kappa shape index (κ1) is 25.3. The number of ether oxygens (including phenoxy) is 1. The summed E-state index contributed by atoms with van der Waals surface area (Å²) in [5.74, 6) is -1.31. The van der Waals surface area contributed by atoms with Crippen molar-refractivity contribution in [1.82, 2.24) is 10.6 Å². The fourth-order valence-corrected chi connectivity index (χ4v) is 4.16. The van der Waals surface area contributed by atoms with Crippen molar-refractivity contribution in [2.45, 2.75) is 52.5 Å². The second-order valence-electron chi connectivity index (χ2n) is 9.52. The number of rotatable bonds is 10. The van der Waals surface area contributed by atoms with Crippen LogP contribution in [0.1, 0.15) is 57.6 Å². The van der Waals surface area contributed by atoms with Gasteiger partial charge in [-0.25, -0.2) is 4.79 Å². The SMILES string of the molecule is CCC(C)(CNC(=O)CC(NC(=O)OCC1c2ccccc2-c2ccccc21)C(C)C)C(=O)O.